The molecule has 0 N–H and O–H groups in total. The molecule has 5 rings (SSSR count). The molecule has 0 spiro atoms. The van der Waals surface area contributed by atoms with Crippen LogP contribution in [0.25, 0.3) is 38.5 Å². The third-order valence-electron chi connectivity index (χ3n) is 4.31. The molecule has 5 aromatic rings. The molecule has 3 aromatic carbocycles. The number of hydrogen-bond acceptors (Lipinski definition) is 1. The molecule has 0 amide bonds. The van der Waals surface area contributed by atoms with Crippen LogP contribution < -0.4 is 0 Å². The smallest absolute Gasteiger partial charge is 0.170 e. The van der Waals surface area contributed by atoms with E-state index in [2.05, 4.69) is 81.2 Å². The molecule has 23 heavy (non-hydrogen) atoms. The summed E-state index contributed by atoms with van der Waals surface area (Å²) in [5.41, 5.74) is 4.47. The molecule has 0 aliphatic heterocycles. The number of aromatic nitrogens is 1. The highest BCUT2D eigenvalue weighted by Gasteiger charge is 2.12. The topological polar surface area (TPSA) is 18.1 Å². The number of fused-ring (bicyclic) bond motifs is 4. The molecule has 0 aliphatic carbocycles. The maximum absolute atomic E-state index is 5.62. The van der Waals surface area contributed by atoms with Crippen molar-refractivity contribution in [2.24, 2.45) is 0 Å². The molecule has 2 nitrogen and oxygen atoms in total. The van der Waals surface area contributed by atoms with Crippen molar-refractivity contribution in [1.82, 2.24) is 4.57 Å². The quantitative estimate of drug-likeness (QED) is 0.343. The lowest BCUT2D eigenvalue weighted by molar-refractivity contribution is 0.587. The van der Waals surface area contributed by atoms with Gasteiger partial charge in [-0.25, -0.2) is 0 Å². The fraction of sp³-hybridized carbons (Fsp3) is 0. The molecular weight excluding hydrogens is 350 g/mol. The van der Waals surface area contributed by atoms with Crippen LogP contribution in [-0.4, -0.2) is 4.57 Å². The Morgan fingerprint density at radius 2 is 1.39 bits per heavy atom. The highest BCUT2D eigenvalue weighted by atomic mass is 79.9. The first-order valence-corrected chi connectivity index (χ1v) is 8.28. The third-order valence-corrected chi connectivity index (χ3v) is 4.70. The maximum atomic E-state index is 5.62. The van der Waals surface area contributed by atoms with Gasteiger partial charge in [-0.05, 0) is 52.3 Å². The lowest BCUT2D eigenvalue weighted by atomic mass is 10.2. The van der Waals surface area contributed by atoms with E-state index in [0.717, 1.165) is 21.3 Å². The van der Waals surface area contributed by atoms with Gasteiger partial charge in [0.15, 0.2) is 4.67 Å². The molecule has 0 fully saturated rings. The molecule has 2 heterocycles. The van der Waals surface area contributed by atoms with Crippen LogP contribution in [0.1, 0.15) is 0 Å². The lowest BCUT2D eigenvalue weighted by Crippen LogP contribution is -1.92. The SMILES string of the molecule is Brc1cc2cc(-n3c4ccccc4c4ccccc43)ccc2o1. The zero-order valence-corrected chi connectivity index (χ0v) is 13.7. The average Bonchev–Trinajstić information content (AvgIpc) is 3.11. The highest BCUT2D eigenvalue weighted by molar-refractivity contribution is 9.10. The van der Waals surface area contributed by atoms with Gasteiger partial charge >= 0.3 is 0 Å². The normalized spacial score (nSPS) is 11.7. The molecule has 2 aromatic heterocycles. The van der Waals surface area contributed by atoms with Gasteiger partial charge in [0.25, 0.3) is 0 Å². The van der Waals surface area contributed by atoms with E-state index in [1.807, 2.05) is 12.1 Å². The second kappa shape index (κ2) is 4.74. The number of benzene rings is 3. The summed E-state index contributed by atoms with van der Waals surface area (Å²) in [6.07, 6.45) is 0. The van der Waals surface area contributed by atoms with Gasteiger partial charge in [0.2, 0.25) is 0 Å². The Hall–Kier alpha value is -2.52. The van der Waals surface area contributed by atoms with E-state index in [1.165, 1.54) is 21.8 Å². The van der Waals surface area contributed by atoms with Crippen LogP contribution in [0, 0.1) is 0 Å². The Morgan fingerprint density at radius 1 is 0.739 bits per heavy atom. The van der Waals surface area contributed by atoms with Gasteiger partial charge in [0.1, 0.15) is 5.58 Å². The Morgan fingerprint density at radius 3 is 2.09 bits per heavy atom. The van der Waals surface area contributed by atoms with Crippen LogP contribution >= 0.6 is 15.9 Å². The number of furan rings is 1. The van der Waals surface area contributed by atoms with Crippen LogP contribution in [0.3, 0.4) is 0 Å². The molecular formula is C20H12BrNO. The van der Waals surface area contributed by atoms with E-state index in [-0.39, 0.29) is 0 Å². The number of para-hydroxylation sites is 2. The zero-order chi connectivity index (χ0) is 15.4. The summed E-state index contributed by atoms with van der Waals surface area (Å²) < 4.78 is 8.69. The fourth-order valence-corrected chi connectivity index (χ4v) is 3.76. The molecule has 0 radical (unpaired) electrons. The Bertz CT molecular complexity index is 1130. The van der Waals surface area contributed by atoms with Crippen LogP contribution in [0.5, 0.6) is 0 Å². The molecule has 0 aliphatic rings. The molecule has 110 valence electrons. The van der Waals surface area contributed by atoms with Crippen molar-refractivity contribution in [3.8, 4) is 5.69 Å². The molecule has 3 heteroatoms. The molecule has 0 unspecified atom stereocenters. The number of halogens is 1. The van der Waals surface area contributed by atoms with Crippen LogP contribution in [0.2, 0.25) is 0 Å². The summed E-state index contributed by atoms with van der Waals surface area (Å²) >= 11 is 3.40. The predicted molar refractivity (Wildman–Crippen MR) is 98.3 cm³/mol. The molecule has 0 atom stereocenters. The zero-order valence-electron chi connectivity index (χ0n) is 12.2. The predicted octanol–water partition coefficient (Wildman–Crippen LogP) is 6.29. The molecule has 0 saturated carbocycles. The van der Waals surface area contributed by atoms with E-state index >= 15 is 0 Å². The number of rotatable bonds is 1. The van der Waals surface area contributed by atoms with Crippen molar-refractivity contribution < 1.29 is 4.42 Å². The minimum Gasteiger partial charge on any atom is -0.449 e. The first kappa shape index (κ1) is 13.0. The Balaban J connectivity index is 1.92. The lowest BCUT2D eigenvalue weighted by Gasteiger charge is -2.07. The second-order valence-electron chi connectivity index (χ2n) is 5.64. The van der Waals surface area contributed by atoms with Gasteiger partial charge in [-0.15, -0.1) is 0 Å². The van der Waals surface area contributed by atoms with Gasteiger partial charge < -0.3 is 8.98 Å². The first-order valence-electron chi connectivity index (χ1n) is 7.49. The van der Waals surface area contributed by atoms with Crippen molar-refractivity contribution in [3.05, 3.63) is 77.5 Å². The van der Waals surface area contributed by atoms with Crippen molar-refractivity contribution >= 4 is 48.7 Å². The van der Waals surface area contributed by atoms with E-state index < -0.39 is 0 Å². The van der Waals surface area contributed by atoms with Gasteiger partial charge in [-0.1, -0.05) is 36.4 Å². The van der Waals surface area contributed by atoms with Crippen molar-refractivity contribution in [1.29, 1.82) is 0 Å². The maximum Gasteiger partial charge on any atom is 0.170 e. The largest absolute Gasteiger partial charge is 0.449 e. The van der Waals surface area contributed by atoms with Gasteiger partial charge in [0, 0.05) is 21.8 Å². The van der Waals surface area contributed by atoms with Crippen LogP contribution in [-0.2, 0) is 0 Å². The van der Waals surface area contributed by atoms with Gasteiger partial charge in [0.05, 0.1) is 11.0 Å². The second-order valence-corrected chi connectivity index (χ2v) is 6.42. The third kappa shape index (κ3) is 1.87. The summed E-state index contributed by atoms with van der Waals surface area (Å²) in [6, 6.07) is 25.4. The van der Waals surface area contributed by atoms with Gasteiger partial charge in [-0.3, -0.25) is 0 Å². The van der Waals surface area contributed by atoms with Crippen molar-refractivity contribution in [3.63, 3.8) is 0 Å². The summed E-state index contributed by atoms with van der Waals surface area (Å²) in [7, 11) is 0. The van der Waals surface area contributed by atoms with E-state index in [0.29, 0.717) is 0 Å². The first-order chi connectivity index (χ1) is 11.3. The minimum atomic E-state index is 0.756. The van der Waals surface area contributed by atoms with Crippen molar-refractivity contribution in [2.75, 3.05) is 0 Å². The Kier molecular flexibility index (Phi) is 2.67. The van der Waals surface area contributed by atoms with Crippen LogP contribution in [0.15, 0.2) is 81.9 Å². The monoisotopic (exact) mass is 361 g/mol. The van der Waals surface area contributed by atoms with E-state index in [1.54, 1.807) is 0 Å². The minimum absolute atomic E-state index is 0.756. The van der Waals surface area contributed by atoms with Crippen molar-refractivity contribution in [2.45, 2.75) is 0 Å². The fourth-order valence-electron chi connectivity index (χ4n) is 3.34. The highest BCUT2D eigenvalue weighted by Crippen LogP contribution is 2.33. The van der Waals surface area contributed by atoms with E-state index in [4.69, 9.17) is 4.42 Å². The average molecular weight is 362 g/mol. The summed E-state index contributed by atoms with van der Waals surface area (Å²) in [6.45, 7) is 0. The van der Waals surface area contributed by atoms with Crippen LogP contribution in [0.4, 0.5) is 0 Å². The van der Waals surface area contributed by atoms with Gasteiger partial charge in [-0.2, -0.15) is 0 Å². The molecule has 0 bridgehead atoms. The number of hydrogen-bond donors (Lipinski definition) is 0. The standard InChI is InChI=1S/C20H12BrNO/c21-20-12-13-11-14(9-10-19(13)23-20)22-17-7-3-1-5-15(17)16-6-2-4-8-18(16)22/h1-12H. The van der Waals surface area contributed by atoms with E-state index in [9.17, 15) is 0 Å². The summed E-state index contributed by atoms with van der Waals surface area (Å²) in [5.74, 6) is 0. The number of nitrogens with zero attached hydrogens (tertiary/aromatic N) is 1. The summed E-state index contributed by atoms with van der Waals surface area (Å²) in [5, 5.41) is 3.64. The summed E-state index contributed by atoms with van der Waals surface area (Å²) in [4.78, 5) is 0. The Labute approximate surface area is 141 Å². The molecule has 0 saturated heterocycles.